The zero-order valence-electron chi connectivity index (χ0n) is 22.6. The summed E-state index contributed by atoms with van der Waals surface area (Å²) in [5.74, 6) is 2.24. The second kappa shape index (κ2) is 12.1. The Bertz CT molecular complexity index is 1080. The monoisotopic (exact) mass is 503 g/mol. The van der Waals surface area contributed by atoms with Gasteiger partial charge < -0.3 is 0 Å². The number of benzene rings is 2. The van der Waals surface area contributed by atoms with Gasteiger partial charge in [0.15, 0.2) is 0 Å². The van der Waals surface area contributed by atoms with E-state index in [2.05, 4.69) is 13.0 Å². The summed E-state index contributed by atoms with van der Waals surface area (Å²) in [6.07, 6.45) is 17.0. The molecule has 0 aliphatic heterocycles. The molecule has 1 atom stereocenters. The second-order valence-electron chi connectivity index (χ2n) is 12.4. The van der Waals surface area contributed by atoms with E-state index in [0.717, 1.165) is 67.9 Å². The number of hydrogen-bond acceptors (Lipinski definition) is 1. The van der Waals surface area contributed by atoms with Crippen LogP contribution in [-0.4, -0.2) is 0 Å². The molecule has 0 spiro atoms. The molecular weight excluding hydrogens is 460 g/mol. The van der Waals surface area contributed by atoms with Crippen LogP contribution in [0.3, 0.4) is 0 Å². The van der Waals surface area contributed by atoms with Crippen LogP contribution >= 0.6 is 0 Å². The SMILES string of the molecule is CCCC1CCC(CCC2CCc3c(cc(F)c(C4CCC(c5ccc(C#N)cc5)CC4)c3F)C2)CC1. The van der Waals surface area contributed by atoms with E-state index in [4.69, 9.17) is 5.26 Å². The molecule has 0 amide bonds. The van der Waals surface area contributed by atoms with Crippen molar-refractivity contribution in [2.24, 2.45) is 17.8 Å². The maximum absolute atomic E-state index is 15.7. The Morgan fingerprint density at radius 3 is 2.05 bits per heavy atom. The number of halogens is 2. The standard InChI is InChI=1S/C34H43F2N/c1-2-3-23-4-6-24(7-5-23)8-9-25-12-19-31-30(20-25)21-32(35)33(34(31)36)29-17-15-28(16-18-29)27-13-10-26(22-37)11-14-27/h10-11,13-14,21,23-25,28-29H,2-9,12,15-20H2,1H3. The first-order valence-electron chi connectivity index (χ1n) is 15.0. The highest BCUT2D eigenvalue weighted by Crippen LogP contribution is 2.44. The van der Waals surface area contributed by atoms with Crippen LogP contribution in [0.15, 0.2) is 30.3 Å². The van der Waals surface area contributed by atoms with Crippen LogP contribution in [-0.2, 0) is 12.8 Å². The maximum Gasteiger partial charge on any atom is 0.133 e. The molecule has 2 aromatic carbocycles. The van der Waals surface area contributed by atoms with E-state index in [9.17, 15) is 0 Å². The predicted octanol–water partition coefficient (Wildman–Crippen LogP) is 9.77. The average Bonchev–Trinajstić information content (AvgIpc) is 2.93. The molecule has 0 heterocycles. The van der Waals surface area contributed by atoms with Gasteiger partial charge in [-0.15, -0.1) is 0 Å². The molecule has 0 saturated heterocycles. The summed E-state index contributed by atoms with van der Waals surface area (Å²) in [6, 6.07) is 11.7. The molecule has 1 nitrogen and oxygen atoms in total. The number of rotatable bonds is 7. The predicted molar refractivity (Wildman–Crippen MR) is 147 cm³/mol. The number of nitrogens with zero attached hydrogens (tertiary/aromatic N) is 1. The Labute approximate surface area is 222 Å². The first-order chi connectivity index (χ1) is 18.1. The van der Waals surface area contributed by atoms with E-state index in [1.54, 1.807) is 6.07 Å². The fraction of sp³-hybridized carbons (Fsp3) is 0.618. The van der Waals surface area contributed by atoms with Crippen LogP contribution in [0.5, 0.6) is 0 Å². The molecule has 0 aromatic heterocycles. The van der Waals surface area contributed by atoms with Crippen molar-refractivity contribution in [3.63, 3.8) is 0 Å². The Balaban J connectivity index is 1.17. The lowest BCUT2D eigenvalue weighted by Crippen LogP contribution is -2.21. The Morgan fingerprint density at radius 2 is 1.41 bits per heavy atom. The van der Waals surface area contributed by atoms with Crippen molar-refractivity contribution < 1.29 is 8.78 Å². The van der Waals surface area contributed by atoms with Gasteiger partial charge in [-0.25, -0.2) is 8.78 Å². The van der Waals surface area contributed by atoms with Gasteiger partial charge in [0, 0.05) is 5.56 Å². The van der Waals surface area contributed by atoms with Gasteiger partial charge >= 0.3 is 0 Å². The first-order valence-corrected chi connectivity index (χ1v) is 15.0. The Morgan fingerprint density at radius 1 is 0.784 bits per heavy atom. The third kappa shape index (κ3) is 6.10. The zero-order valence-corrected chi connectivity index (χ0v) is 22.6. The summed E-state index contributed by atoms with van der Waals surface area (Å²) in [6.45, 7) is 2.30. The number of hydrogen-bond donors (Lipinski definition) is 0. The van der Waals surface area contributed by atoms with Crippen LogP contribution in [0.4, 0.5) is 8.78 Å². The summed E-state index contributed by atoms with van der Waals surface area (Å²) in [7, 11) is 0. The molecule has 3 aliphatic carbocycles. The van der Waals surface area contributed by atoms with Gasteiger partial charge in [-0.05, 0) is 116 Å². The van der Waals surface area contributed by atoms with Crippen molar-refractivity contribution in [1.82, 2.24) is 0 Å². The summed E-state index contributed by atoms with van der Waals surface area (Å²) >= 11 is 0. The zero-order chi connectivity index (χ0) is 25.8. The molecule has 2 fully saturated rings. The van der Waals surface area contributed by atoms with Gasteiger partial charge in [0.2, 0.25) is 0 Å². The summed E-state index contributed by atoms with van der Waals surface area (Å²) in [5.41, 5.74) is 4.02. The van der Waals surface area contributed by atoms with Crippen molar-refractivity contribution in [1.29, 1.82) is 5.26 Å². The van der Waals surface area contributed by atoms with Gasteiger partial charge in [0.25, 0.3) is 0 Å². The van der Waals surface area contributed by atoms with Gasteiger partial charge in [-0.2, -0.15) is 5.26 Å². The topological polar surface area (TPSA) is 23.8 Å². The fourth-order valence-corrected chi connectivity index (χ4v) is 7.79. The van der Waals surface area contributed by atoms with Crippen LogP contribution < -0.4 is 0 Å². The van der Waals surface area contributed by atoms with E-state index >= 15 is 8.78 Å². The van der Waals surface area contributed by atoms with Gasteiger partial charge in [-0.1, -0.05) is 64.0 Å². The summed E-state index contributed by atoms with van der Waals surface area (Å²) < 4.78 is 31.1. The highest BCUT2D eigenvalue weighted by molar-refractivity contribution is 5.39. The number of nitriles is 1. The highest BCUT2D eigenvalue weighted by Gasteiger charge is 2.32. The minimum Gasteiger partial charge on any atom is -0.207 e. The molecule has 0 radical (unpaired) electrons. The fourth-order valence-electron chi connectivity index (χ4n) is 7.79. The lowest BCUT2D eigenvalue weighted by atomic mass is 9.73. The molecule has 37 heavy (non-hydrogen) atoms. The third-order valence-corrected chi connectivity index (χ3v) is 10.1. The van der Waals surface area contributed by atoms with Crippen LogP contribution in [0.25, 0.3) is 0 Å². The van der Waals surface area contributed by atoms with E-state index < -0.39 is 0 Å². The van der Waals surface area contributed by atoms with E-state index in [-0.39, 0.29) is 17.6 Å². The molecule has 2 saturated carbocycles. The molecule has 5 rings (SSSR count). The van der Waals surface area contributed by atoms with Gasteiger partial charge in [0.05, 0.1) is 11.6 Å². The normalized spacial score (nSPS) is 27.9. The molecule has 3 heteroatoms. The molecule has 0 N–H and O–H groups in total. The minimum atomic E-state index is -0.312. The van der Waals surface area contributed by atoms with Crippen LogP contribution in [0.1, 0.15) is 130 Å². The number of fused-ring (bicyclic) bond motifs is 1. The molecule has 0 bridgehead atoms. The van der Waals surface area contributed by atoms with Crippen molar-refractivity contribution in [2.45, 2.75) is 115 Å². The van der Waals surface area contributed by atoms with Crippen LogP contribution in [0, 0.1) is 40.7 Å². The first kappa shape index (κ1) is 26.4. The molecule has 198 valence electrons. The van der Waals surface area contributed by atoms with Crippen molar-refractivity contribution >= 4 is 0 Å². The third-order valence-electron chi connectivity index (χ3n) is 10.1. The molecule has 2 aromatic rings. The van der Waals surface area contributed by atoms with Crippen molar-refractivity contribution in [3.8, 4) is 6.07 Å². The van der Waals surface area contributed by atoms with Gasteiger partial charge in [0.1, 0.15) is 11.6 Å². The average molecular weight is 504 g/mol. The van der Waals surface area contributed by atoms with Gasteiger partial charge in [-0.3, -0.25) is 0 Å². The molecular formula is C34H43F2N. The minimum absolute atomic E-state index is 0.0273. The highest BCUT2D eigenvalue weighted by atomic mass is 19.1. The van der Waals surface area contributed by atoms with E-state index in [1.807, 2.05) is 24.3 Å². The lowest BCUT2D eigenvalue weighted by molar-refractivity contribution is 0.235. The molecule has 3 aliphatic rings. The summed E-state index contributed by atoms with van der Waals surface area (Å²) in [5, 5.41) is 9.03. The molecule has 1 unspecified atom stereocenters. The van der Waals surface area contributed by atoms with Crippen molar-refractivity contribution in [2.75, 3.05) is 0 Å². The Hall–Kier alpha value is -2.21. The van der Waals surface area contributed by atoms with Crippen molar-refractivity contribution in [3.05, 3.63) is 69.8 Å². The van der Waals surface area contributed by atoms with E-state index in [0.29, 0.717) is 23.0 Å². The summed E-state index contributed by atoms with van der Waals surface area (Å²) in [4.78, 5) is 0. The Kier molecular flexibility index (Phi) is 8.63. The van der Waals surface area contributed by atoms with Crippen LogP contribution in [0.2, 0.25) is 0 Å². The quantitative estimate of drug-likeness (QED) is 0.369. The smallest absolute Gasteiger partial charge is 0.133 e. The second-order valence-corrected chi connectivity index (χ2v) is 12.4. The van der Waals surface area contributed by atoms with E-state index in [1.165, 1.54) is 56.9 Å². The lowest BCUT2D eigenvalue weighted by Gasteiger charge is -2.32. The largest absolute Gasteiger partial charge is 0.207 e. The maximum atomic E-state index is 15.7.